The lowest BCUT2D eigenvalue weighted by atomic mass is 9.47. The van der Waals surface area contributed by atoms with Crippen molar-refractivity contribution in [2.45, 2.75) is 44.1 Å². The molecule has 5 rings (SSSR count). The first-order chi connectivity index (χ1) is 10.5. The number of rotatable bonds is 3. The monoisotopic (exact) mass is 301 g/mol. The van der Waals surface area contributed by atoms with E-state index in [0.29, 0.717) is 18.3 Å². The molecule has 4 fully saturated rings. The van der Waals surface area contributed by atoms with Crippen LogP contribution >= 0.6 is 0 Å². The van der Waals surface area contributed by atoms with E-state index in [0.717, 1.165) is 37.1 Å². The molecule has 4 bridgehead atoms. The topological polar surface area (TPSA) is 58.6 Å². The van der Waals surface area contributed by atoms with E-state index in [2.05, 4.69) is 5.32 Å². The molecule has 2 N–H and O–H groups in total. The summed E-state index contributed by atoms with van der Waals surface area (Å²) >= 11 is 0. The lowest BCUT2D eigenvalue weighted by Crippen LogP contribution is -2.59. The van der Waals surface area contributed by atoms with Crippen LogP contribution in [0.5, 0.6) is 5.75 Å². The van der Waals surface area contributed by atoms with Crippen LogP contribution in [0.4, 0.5) is 5.69 Å². The van der Waals surface area contributed by atoms with Gasteiger partial charge in [0.25, 0.3) is 0 Å². The molecule has 4 heteroatoms. The summed E-state index contributed by atoms with van der Waals surface area (Å²) in [7, 11) is 1.63. The van der Waals surface area contributed by atoms with Crippen LogP contribution in [0, 0.1) is 17.3 Å². The van der Waals surface area contributed by atoms with Gasteiger partial charge >= 0.3 is 0 Å². The van der Waals surface area contributed by atoms with Gasteiger partial charge in [-0.1, -0.05) is 0 Å². The minimum absolute atomic E-state index is 0.0881. The summed E-state index contributed by atoms with van der Waals surface area (Å²) < 4.78 is 5.14. The highest BCUT2D eigenvalue weighted by Crippen LogP contribution is 2.61. The maximum absolute atomic E-state index is 12.9. The molecule has 4 saturated carbocycles. The number of amides is 1. The lowest BCUT2D eigenvalue weighted by Gasteiger charge is -2.59. The number of nitrogens with one attached hydrogen (secondary N) is 1. The highest BCUT2D eigenvalue weighted by atomic mass is 16.5. The number of benzene rings is 1. The molecule has 0 aliphatic heterocycles. The summed E-state index contributed by atoms with van der Waals surface area (Å²) in [5, 5.41) is 13.8. The Kier molecular flexibility index (Phi) is 3.02. The van der Waals surface area contributed by atoms with Crippen LogP contribution in [0.15, 0.2) is 24.3 Å². The van der Waals surface area contributed by atoms with E-state index in [1.807, 2.05) is 24.3 Å². The van der Waals surface area contributed by atoms with Crippen LogP contribution < -0.4 is 10.1 Å². The standard InChI is InChI=1S/C18H23NO3/c1-22-15-4-2-14(3-5-15)19-16(20)17-7-12-6-13(8-17)10-18(21,9-12)11-17/h2-5,12-13,21H,6-11H2,1H3,(H,19,20)/t12-,13+,17?,18?. The molecular weight excluding hydrogens is 278 g/mol. The van der Waals surface area contributed by atoms with Crippen molar-refractivity contribution in [1.29, 1.82) is 0 Å². The molecule has 118 valence electrons. The van der Waals surface area contributed by atoms with Gasteiger partial charge in [0, 0.05) is 5.69 Å². The molecule has 4 nitrogen and oxygen atoms in total. The Balaban J connectivity index is 1.54. The first-order valence-corrected chi connectivity index (χ1v) is 8.18. The van der Waals surface area contributed by atoms with Gasteiger partial charge in [0.05, 0.1) is 18.1 Å². The highest BCUT2D eigenvalue weighted by molar-refractivity contribution is 5.95. The zero-order valence-corrected chi connectivity index (χ0v) is 13.0. The maximum Gasteiger partial charge on any atom is 0.230 e. The number of carbonyl (C=O) groups excluding carboxylic acids is 1. The molecule has 2 unspecified atom stereocenters. The average Bonchev–Trinajstić information content (AvgIpc) is 2.45. The third kappa shape index (κ3) is 2.21. The van der Waals surface area contributed by atoms with Gasteiger partial charge in [0.15, 0.2) is 0 Å². The van der Waals surface area contributed by atoms with Gasteiger partial charge in [0.2, 0.25) is 5.91 Å². The van der Waals surface area contributed by atoms with Crippen molar-refractivity contribution in [3.8, 4) is 5.75 Å². The van der Waals surface area contributed by atoms with Crippen molar-refractivity contribution < 1.29 is 14.6 Å². The predicted molar refractivity (Wildman–Crippen MR) is 83.7 cm³/mol. The lowest BCUT2D eigenvalue weighted by molar-refractivity contribution is -0.174. The van der Waals surface area contributed by atoms with E-state index in [9.17, 15) is 9.90 Å². The fourth-order valence-electron chi connectivity index (χ4n) is 5.42. The van der Waals surface area contributed by atoms with Crippen molar-refractivity contribution in [3.63, 3.8) is 0 Å². The largest absolute Gasteiger partial charge is 0.497 e. The summed E-state index contributed by atoms with van der Waals surface area (Å²) in [5.41, 5.74) is -0.159. The van der Waals surface area contributed by atoms with E-state index in [-0.39, 0.29) is 11.3 Å². The molecule has 0 radical (unpaired) electrons. The molecule has 0 heterocycles. The Bertz CT molecular complexity index is 581. The Morgan fingerprint density at radius 1 is 1.18 bits per heavy atom. The molecule has 0 aromatic heterocycles. The van der Waals surface area contributed by atoms with Crippen molar-refractivity contribution in [3.05, 3.63) is 24.3 Å². The zero-order chi connectivity index (χ0) is 15.4. The normalized spacial score (nSPS) is 38.8. The van der Waals surface area contributed by atoms with Crippen LogP contribution in [-0.2, 0) is 4.79 Å². The van der Waals surface area contributed by atoms with Gasteiger partial charge in [-0.2, -0.15) is 0 Å². The first kappa shape index (κ1) is 14.1. The second kappa shape index (κ2) is 4.72. The van der Waals surface area contributed by atoms with Gasteiger partial charge in [-0.05, 0) is 74.6 Å². The van der Waals surface area contributed by atoms with E-state index in [1.165, 1.54) is 6.42 Å². The van der Waals surface area contributed by atoms with Gasteiger partial charge < -0.3 is 15.2 Å². The van der Waals surface area contributed by atoms with Gasteiger partial charge in [0.1, 0.15) is 5.75 Å². The van der Waals surface area contributed by atoms with Crippen molar-refractivity contribution in [2.75, 3.05) is 12.4 Å². The Labute approximate surface area is 130 Å². The third-order valence-electron chi connectivity index (χ3n) is 5.86. The average molecular weight is 301 g/mol. The van der Waals surface area contributed by atoms with Gasteiger partial charge in [-0.3, -0.25) is 4.79 Å². The number of aliphatic hydroxyl groups is 1. The summed E-state index contributed by atoms with van der Waals surface area (Å²) in [4.78, 5) is 12.9. The molecule has 0 saturated heterocycles. The van der Waals surface area contributed by atoms with Crippen molar-refractivity contribution >= 4 is 11.6 Å². The van der Waals surface area contributed by atoms with E-state index < -0.39 is 5.60 Å². The van der Waals surface area contributed by atoms with Crippen LogP contribution in [-0.4, -0.2) is 23.7 Å². The molecule has 22 heavy (non-hydrogen) atoms. The Morgan fingerprint density at radius 3 is 2.36 bits per heavy atom. The molecule has 4 atom stereocenters. The zero-order valence-electron chi connectivity index (χ0n) is 13.0. The van der Waals surface area contributed by atoms with Crippen molar-refractivity contribution in [2.24, 2.45) is 17.3 Å². The van der Waals surface area contributed by atoms with Crippen LogP contribution in [0.2, 0.25) is 0 Å². The summed E-state index contributed by atoms with van der Waals surface area (Å²) in [6.45, 7) is 0. The third-order valence-corrected chi connectivity index (χ3v) is 5.86. The molecular formula is C18H23NO3. The van der Waals surface area contributed by atoms with Crippen molar-refractivity contribution in [1.82, 2.24) is 0 Å². The number of anilines is 1. The smallest absolute Gasteiger partial charge is 0.230 e. The molecule has 1 amide bonds. The summed E-state index contributed by atoms with van der Waals surface area (Å²) in [5.74, 6) is 1.91. The molecule has 4 aliphatic carbocycles. The van der Waals surface area contributed by atoms with E-state index in [4.69, 9.17) is 4.74 Å². The Morgan fingerprint density at radius 2 is 1.82 bits per heavy atom. The van der Waals surface area contributed by atoms with Crippen LogP contribution in [0.1, 0.15) is 38.5 Å². The number of carbonyl (C=O) groups is 1. The van der Waals surface area contributed by atoms with Crippen LogP contribution in [0.3, 0.4) is 0 Å². The number of hydrogen-bond donors (Lipinski definition) is 2. The first-order valence-electron chi connectivity index (χ1n) is 8.18. The fraction of sp³-hybridized carbons (Fsp3) is 0.611. The predicted octanol–water partition coefficient (Wildman–Crippen LogP) is 2.97. The van der Waals surface area contributed by atoms with Gasteiger partial charge in [-0.15, -0.1) is 0 Å². The minimum atomic E-state index is -0.596. The van der Waals surface area contributed by atoms with Crippen LogP contribution in [0.25, 0.3) is 0 Å². The SMILES string of the molecule is COc1ccc(NC(=O)C23C[C@@H]4C[C@@H](CC(O)(C4)C2)C3)cc1. The minimum Gasteiger partial charge on any atom is -0.497 e. The molecule has 0 spiro atoms. The number of methoxy groups -OCH3 is 1. The Hall–Kier alpha value is -1.55. The second-order valence-corrected chi connectivity index (χ2v) is 7.65. The van der Waals surface area contributed by atoms with E-state index in [1.54, 1.807) is 7.11 Å². The summed E-state index contributed by atoms with van der Waals surface area (Å²) in [6, 6.07) is 7.43. The second-order valence-electron chi connectivity index (χ2n) is 7.65. The molecule has 1 aromatic carbocycles. The van der Waals surface area contributed by atoms with Gasteiger partial charge in [-0.25, -0.2) is 0 Å². The molecule has 4 aliphatic rings. The number of ether oxygens (including phenoxy) is 1. The highest BCUT2D eigenvalue weighted by Gasteiger charge is 2.60. The quantitative estimate of drug-likeness (QED) is 0.902. The van der Waals surface area contributed by atoms with E-state index >= 15 is 0 Å². The fourth-order valence-corrected chi connectivity index (χ4v) is 5.42. The maximum atomic E-state index is 12.9. The summed E-state index contributed by atoms with van der Waals surface area (Å²) in [6.07, 6.45) is 5.48. The molecule has 1 aromatic rings. The number of hydrogen-bond acceptors (Lipinski definition) is 3.